The van der Waals surface area contributed by atoms with Crippen molar-refractivity contribution in [3.63, 3.8) is 0 Å². The molecule has 1 aliphatic heterocycles. The number of rotatable bonds is 5. The van der Waals surface area contributed by atoms with Crippen molar-refractivity contribution in [3.8, 4) is 0 Å². The monoisotopic (exact) mass is 380 g/mol. The molecule has 1 amide bonds. The predicted molar refractivity (Wildman–Crippen MR) is 91.6 cm³/mol. The van der Waals surface area contributed by atoms with Gasteiger partial charge >= 0.3 is 0 Å². The molecule has 0 radical (unpaired) electrons. The van der Waals surface area contributed by atoms with Crippen molar-refractivity contribution in [2.75, 3.05) is 6.54 Å². The first kappa shape index (κ1) is 18.5. The van der Waals surface area contributed by atoms with Crippen LogP contribution in [-0.2, 0) is 21.4 Å². The Morgan fingerprint density at radius 3 is 2.23 bits per heavy atom. The van der Waals surface area contributed by atoms with Crippen LogP contribution in [0.3, 0.4) is 0 Å². The average molecular weight is 380 g/mol. The normalized spacial score (nSPS) is 18.0. The van der Waals surface area contributed by atoms with Crippen LogP contribution in [0.2, 0.25) is 0 Å². The van der Waals surface area contributed by atoms with Gasteiger partial charge in [0.25, 0.3) is 0 Å². The van der Waals surface area contributed by atoms with Gasteiger partial charge < -0.3 is 5.32 Å². The maximum Gasteiger partial charge on any atom is 0.243 e. The molecule has 0 aromatic heterocycles. The van der Waals surface area contributed by atoms with E-state index in [0.29, 0.717) is 18.4 Å². The zero-order chi connectivity index (χ0) is 18.7. The lowest BCUT2D eigenvalue weighted by Gasteiger charge is -2.23. The lowest BCUT2D eigenvalue weighted by molar-refractivity contribution is -0.124. The van der Waals surface area contributed by atoms with Gasteiger partial charge in [-0.25, -0.2) is 17.2 Å². The van der Waals surface area contributed by atoms with Crippen LogP contribution in [0.25, 0.3) is 0 Å². The Hall–Kier alpha value is -2.32. The molecule has 2 aromatic rings. The molecule has 0 saturated carbocycles. The van der Waals surface area contributed by atoms with Crippen LogP contribution in [-0.4, -0.2) is 31.2 Å². The molecule has 1 heterocycles. The Morgan fingerprint density at radius 1 is 1.04 bits per heavy atom. The smallest absolute Gasteiger partial charge is 0.243 e. The Balaban J connectivity index is 1.71. The van der Waals surface area contributed by atoms with Gasteiger partial charge in [-0.2, -0.15) is 4.31 Å². The summed E-state index contributed by atoms with van der Waals surface area (Å²) in [5, 5.41) is 2.70. The number of benzene rings is 2. The molecule has 1 atom stereocenters. The van der Waals surface area contributed by atoms with Crippen LogP contribution in [0.5, 0.6) is 0 Å². The van der Waals surface area contributed by atoms with E-state index in [1.165, 1.54) is 24.3 Å². The van der Waals surface area contributed by atoms with Gasteiger partial charge in [0.15, 0.2) is 0 Å². The van der Waals surface area contributed by atoms with Gasteiger partial charge in [0, 0.05) is 13.1 Å². The number of sulfonamides is 1. The number of hydrogen-bond donors (Lipinski definition) is 1. The fourth-order valence-electron chi connectivity index (χ4n) is 2.94. The first-order chi connectivity index (χ1) is 12.4. The summed E-state index contributed by atoms with van der Waals surface area (Å²) in [5.41, 5.74) is 0.714. The van der Waals surface area contributed by atoms with Crippen LogP contribution in [0, 0.1) is 11.6 Å². The molecular weight excluding hydrogens is 362 g/mol. The van der Waals surface area contributed by atoms with Crippen LogP contribution in [0.1, 0.15) is 18.4 Å². The van der Waals surface area contributed by atoms with Gasteiger partial charge in [0.05, 0.1) is 4.90 Å². The van der Waals surface area contributed by atoms with E-state index in [2.05, 4.69) is 5.32 Å². The third-order valence-electron chi connectivity index (χ3n) is 4.31. The first-order valence-corrected chi connectivity index (χ1v) is 9.61. The molecule has 2 aromatic carbocycles. The summed E-state index contributed by atoms with van der Waals surface area (Å²) in [6.07, 6.45) is 0.977. The summed E-state index contributed by atoms with van der Waals surface area (Å²) in [7, 11) is -3.88. The fraction of sp³-hybridized carbons (Fsp3) is 0.278. The minimum Gasteiger partial charge on any atom is -0.351 e. The van der Waals surface area contributed by atoms with Gasteiger partial charge in [-0.1, -0.05) is 12.1 Å². The largest absolute Gasteiger partial charge is 0.351 e. The summed E-state index contributed by atoms with van der Waals surface area (Å²) in [4.78, 5) is 12.4. The number of amides is 1. The Bertz CT molecular complexity index is 884. The Morgan fingerprint density at radius 2 is 1.62 bits per heavy atom. The molecule has 8 heteroatoms. The van der Waals surface area contributed by atoms with Crippen LogP contribution >= 0.6 is 0 Å². The predicted octanol–water partition coefficient (Wildman–Crippen LogP) is 2.43. The van der Waals surface area contributed by atoms with Crippen molar-refractivity contribution in [1.82, 2.24) is 9.62 Å². The van der Waals surface area contributed by atoms with E-state index in [0.717, 1.165) is 16.4 Å². The Kier molecular flexibility index (Phi) is 5.33. The molecule has 5 nitrogen and oxygen atoms in total. The number of carbonyl (C=O) groups is 1. The van der Waals surface area contributed by atoms with E-state index in [1.807, 2.05) is 0 Å². The second kappa shape index (κ2) is 7.51. The van der Waals surface area contributed by atoms with Crippen molar-refractivity contribution >= 4 is 15.9 Å². The lowest BCUT2D eigenvalue weighted by Crippen LogP contribution is -2.45. The van der Waals surface area contributed by atoms with Crippen LogP contribution in [0.4, 0.5) is 8.78 Å². The molecule has 0 spiro atoms. The maximum absolute atomic E-state index is 13.0. The van der Waals surface area contributed by atoms with E-state index in [1.54, 1.807) is 12.1 Å². The molecule has 1 fully saturated rings. The summed E-state index contributed by atoms with van der Waals surface area (Å²) in [5.74, 6) is -1.30. The fourth-order valence-corrected chi connectivity index (χ4v) is 4.60. The highest BCUT2D eigenvalue weighted by molar-refractivity contribution is 7.89. The maximum atomic E-state index is 13.0. The molecule has 3 rings (SSSR count). The molecule has 1 N–H and O–H groups in total. The third-order valence-corrected chi connectivity index (χ3v) is 6.23. The molecule has 26 heavy (non-hydrogen) atoms. The highest BCUT2D eigenvalue weighted by Crippen LogP contribution is 2.26. The zero-order valence-electron chi connectivity index (χ0n) is 13.9. The van der Waals surface area contributed by atoms with E-state index < -0.39 is 27.8 Å². The van der Waals surface area contributed by atoms with Gasteiger partial charge in [-0.15, -0.1) is 0 Å². The SMILES string of the molecule is O=C(NCc1ccc(F)cc1)[C@@H]1CCCN1S(=O)(=O)c1ccc(F)cc1. The second-order valence-corrected chi connectivity index (χ2v) is 7.96. The van der Waals surface area contributed by atoms with Crippen LogP contribution < -0.4 is 5.32 Å². The quantitative estimate of drug-likeness (QED) is 0.866. The zero-order valence-corrected chi connectivity index (χ0v) is 14.7. The standard InChI is InChI=1S/C18H18F2N2O3S/c19-14-5-3-13(4-6-14)12-21-18(23)17-2-1-11-22(17)26(24,25)16-9-7-15(20)8-10-16/h3-10,17H,1-2,11-12H2,(H,21,23)/t17-/m0/s1. The average Bonchev–Trinajstić information content (AvgIpc) is 3.12. The van der Waals surface area contributed by atoms with Crippen LogP contribution in [0.15, 0.2) is 53.4 Å². The molecule has 0 aliphatic carbocycles. The summed E-state index contributed by atoms with van der Waals surface area (Å²) < 4.78 is 52.6. The van der Waals surface area contributed by atoms with Crippen molar-refractivity contribution < 1.29 is 22.0 Å². The van der Waals surface area contributed by atoms with E-state index in [4.69, 9.17) is 0 Å². The van der Waals surface area contributed by atoms with Gasteiger partial charge in [0.1, 0.15) is 17.7 Å². The van der Waals surface area contributed by atoms with Gasteiger partial charge in [-0.3, -0.25) is 4.79 Å². The first-order valence-electron chi connectivity index (χ1n) is 8.17. The third kappa shape index (κ3) is 3.91. The molecule has 0 bridgehead atoms. The number of nitrogens with zero attached hydrogens (tertiary/aromatic N) is 1. The minimum atomic E-state index is -3.88. The second-order valence-electron chi connectivity index (χ2n) is 6.07. The topological polar surface area (TPSA) is 66.5 Å². The number of halogens is 2. The molecule has 138 valence electrons. The molecule has 0 unspecified atom stereocenters. The molecule has 1 saturated heterocycles. The molecule has 1 aliphatic rings. The van der Waals surface area contributed by atoms with Crippen molar-refractivity contribution in [3.05, 3.63) is 65.7 Å². The summed E-state index contributed by atoms with van der Waals surface area (Å²) in [6.45, 7) is 0.411. The van der Waals surface area contributed by atoms with Gasteiger partial charge in [-0.05, 0) is 54.8 Å². The van der Waals surface area contributed by atoms with Crippen molar-refractivity contribution in [1.29, 1.82) is 0 Å². The van der Waals surface area contributed by atoms with Gasteiger partial charge in [0.2, 0.25) is 15.9 Å². The van der Waals surface area contributed by atoms with E-state index >= 15 is 0 Å². The summed E-state index contributed by atoms with van der Waals surface area (Å²) >= 11 is 0. The van der Waals surface area contributed by atoms with E-state index in [-0.39, 0.29) is 23.8 Å². The highest BCUT2D eigenvalue weighted by Gasteiger charge is 2.39. The minimum absolute atomic E-state index is 0.0443. The highest BCUT2D eigenvalue weighted by atomic mass is 32.2. The summed E-state index contributed by atoms with van der Waals surface area (Å²) in [6, 6.07) is 9.41. The lowest BCUT2D eigenvalue weighted by atomic mass is 10.2. The molecular formula is C18H18F2N2O3S. The Labute approximate surface area is 150 Å². The van der Waals surface area contributed by atoms with E-state index in [9.17, 15) is 22.0 Å². The number of carbonyl (C=O) groups excluding carboxylic acids is 1. The number of nitrogens with one attached hydrogen (secondary N) is 1. The number of hydrogen-bond acceptors (Lipinski definition) is 3. The van der Waals surface area contributed by atoms with Crippen molar-refractivity contribution in [2.45, 2.75) is 30.3 Å². The van der Waals surface area contributed by atoms with Crippen molar-refractivity contribution in [2.24, 2.45) is 0 Å².